The lowest BCUT2D eigenvalue weighted by Gasteiger charge is -2.27. The summed E-state index contributed by atoms with van der Waals surface area (Å²) in [6.07, 6.45) is 3.26. The van der Waals surface area contributed by atoms with Crippen LogP contribution in [0.5, 0.6) is 0 Å². The molecule has 1 aliphatic rings. The second-order valence-electron chi connectivity index (χ2n) is 3.46. The number of ether oxygens (including phenoxy) is 1. The van der Waals surface area contributed by atoms with Gasteiger partial charge >= 0.3 is 5.97 Å². The predicted octanol–water partition coefficient (Wildman–Crippen LogP) is 1.56. The van der Waals surface area contributed by atoms with E-state index < -0.39 is 11.5 Å². The minimum Gasteiger partial charge on any atom is -0.466 e. The molecule has 1 heterocycles. The number of nitrogens with one attached hydrogen (secondary N) is 1. The highest BCUT2D eigenvalue weighted by Gasteiger charge is 2.39. The summed E-state index contributed by atoms with van der Waals surface area (Å²) in [6.45, 7) is 0. The standard InChI is InChI=1S/C12H10N2O2/c1-16-11(15)12(8-13)7-6-9-4-2-3-5-10(9)14-12/h2-7,14H,1H3. The summed E-state index contributed by atoms with van der Waals surface area (Å²) < 4.78 is 4.62. The van der Waals surface area contributed by atoms with Crippen molar-refractivity contribution < 1.29 is 9.53 Å². The van der Waals surface area contributed by atoms with E-state index in [9.17, 15) is 4.79 Å². The van der Waals surface area contributed by atoms with Gasteiger partial charge in [0.15, 0.2) is 0 Å². The maximum atomic E-state index is 11.6. The summed E-state index contributed by atoms with van der Waals surface area (Å²) in [4.78, 5) is 11.6. The molecular formula is C12H10N2O2. The SMILES string of the molecule is COC(=O)C1(C#N)C=Cc2ccccc2N1. The molecule has 1 aliphatic heterocycles. The Morgan fingerprint density at radius 1 is 1.50 bits per heavy atom. The Morgan fingerprint density at radius 3 is 2.94 bits per heavy atom. The average molecular weight is 214 g/mol. The number of nitriles is 1. The van der Waals surface area contributed by atoms with E-state index in [0.717, 1.165) is 11.3 Å². The van der Waals surface area contributed by atoms with Gasteiger partial charge in [-0.3, -0.25) is 0 Å². The monoisotopic (exact) mass is 214 g/mol. The smallest absolute Gasteiger partial charge is 0.350 e. The maximum Gasteiger partial charge on any atom is 0.350 e. The number of rotatable bonds is 1. The van der Waals surface area contributed by atoms with E-state index in [-0.39, 0.29) is 0 Å². The molecule has 1 atom stereocenters. The number of carbonyl (C=O) groups excluding carboxylic acids is 1. The molecule has 0 radical (unpaired) electrons. The van der Waals surface area contributed by atoms with Gasteiger partial charge in [0.1, 0.15) is 6.07 Å². The van der Waals surface area contributed by atoms with Gasteiger partial charge in [-0.05, 0) is 17.7 Å². The highest BCUT2D eigenvalue weighted by atomic mass is 16.5. The Labute approximate surface area is 93.1 Å². The molecule has 0 amide bonds. The second kappa shape index (κ2) is 3.70. The highest BCUT2D eigenvalue weighted by Crippen LogP contribution is 2.28. The minimum absolute atomic E-state index is 0.610. The first-order valence-corrected chi connectivity index (χ1v) is 4.78. The van der Waals surface area contributed by atoms with E-state index in [0.29, 0.717) is 0 Å². The Kier molecular flexibility index (Phi) is 2.37. The molecule has 1 aromatic rings. The van der Waals surface area contributed by atoms with Gasteiger partial charge in [0.25, 0.3) is 0 Å². The Hall–Kier alpha value is -2.28. The first-order valence-electron chi connectivity index (χ1n) is 4.78. The van der Waals surface area contributed by atoms with Gasteiger partial charge in [-0.2, -0.15) is 5.26 Å². The van der Waals surface area contributed by atoms with Crippen LogP contribution in [0.1, 0.15) is 5.56 Å². The number of carbonyl (C=O) groups is 1. The van der Waals surface area contributed by atoms with Gasteiger partial charge in [0, 0.05) is 5.69 Å². The number of hydrogen-bond acceptors (Lipinski definition) is 4. The third-order valence-electron chi connectivity index (χ3n) is 2.49. The summed E-state index contributed by atoms with van der Waals surface area (Å²) in [6, 6.07) is 9.38. The molecule has 0 saturated heterocycles. The number of hydrogen-bond donors (Lipinski definition) is 1. The van der Waals surface area contributed by atoms with Gasteiger partial charge in [0.2, 0.25) is 5.54 Å². The molecule has 16 heavy (non-hydrogen) atoms. The topological polar surface area (TPSA) is 62.1 Å². The number of methoxy groups -OCH3 is 1. The quantitative estimate of drug-likeness (QED) is 0.720. The van der Waals surface area contributed by atoms with Crippen molar-refractivity contribution in [3.8, 4) is 6.07 Å². The fourth-order valence-corrected chi connectivity index (χ4v) is 1.62. The van der Waals surface area contributed by atoms with Crippen LogP contribution in [-0.4, -0.2) is 18.6 Å². The molecule has 0 aromatic heterocycles. The van der Waals surface area contributed by atoms with E-state index in [4.69, 9.17) is 5.26 Å². The van der Waals surface area contributed by atoms with Gasteiger partial charge in [-0.1, -0.05) is 24.3 Å². The fraction of sp³-hybridized carbons (Fsp3) is 0.167. The summed E-state index contributed by atoms with van der Waals surface area (Å²) in [5.41, 5.74) is 0.276. The third-order valence-corrected chi connectivity index (χ3v) is 2.49. The van der Waals surface area contributed by atoms with E-state index in [1.807, 2.05) is 30.3 Å². The normalized spacial score (nSPS) is 21.5. The average Bonchev–Trinajstić information content (AvgIpc) is 2.37. The lowest BCUT2D eigenvalue weighted by Crippen LogP contribution is -2.45. The summed E-state index contributed by atoms with van der Waals surface area (Å²) in [5.74, 6) is -0.610. The Morgan fingerprint density at radius 2 is 2.25 bits per heavy atom. The Bertz CT molecular complexity index is 502. The highest BCUT2D eigenvalue weighted by molar-refractivity contribution is 5.95. The molecule has 0 spiro atoms. The lowest BCUT2D eigenvalue weighted by atomic mass is 9.94. The number of benzene rings is 1. The van der Waals surface area contributed by atoms with Crippen LogP contribution in [0.2, 0.25) is 0 Å². The number of fused-ring (bicyclic) bond motifs is 1. The van der Waals surface area contributed by atoms with Crippen LogP contribution < -0.4 is 5.32 Å². The van der Waals surface area contributed by atoms with Crippen LogP contribution in [0.25, 0.3) is 6.08 Å². The van der Waals surface area contributed by atoms with Gasteiger partial charge < -0.3 is 10.1 Å². The van der Waals surface area contributed by atoms with E-state index >= 15 is 0 Å². The van der Waals surface area contributed by atoms with Crippen molar-refractivity contribution in [1.29, 1.82) is 5.26 Å². The molecule has 4 nitrogen and oxygen atoms in total. The van der Waals surface area contributed by atoms with Gasteiger partial charge in [-0.15, -0.1) is 0 Å². The van der Waals surface area contributed by atoms with Crippen LogP contribution in [0.4, 0.5) is 5.69 Å². The number of para-hydroxylation sites is 1. The molecule has 80 valence electrons. The van der Waals surface area contributed by atoms with Crippen molar-refractivity contribution in [3.63, 3.8) is 0 Å². The molecule has 2 rings (SSSR count). The van der Waals surface area contributed by atoms with E-state index in [1.54, 1.807) is 6.08 Å². The predicted molar refractivity (Wildman–Crippen MR) is 59.5 cm³/mol. The summed E-state index contributed by atoms with van der Waals surface area (Å²) in [7, 11) is 1.26. The third kappa shape index (κ3) is 1.43. The zero-order chi connectivity index (χ0) is 11.6. The van der Waals surface area contributed by atoms with Crippen LogP contribution in [0.15, 0.2) is 30.3 Å². The first-order chi connectivity index (χ1) is 7.72. The molecule has 0 fully saturated rings. The zero-order valence-electron chi connectivity index (χ0n) is 8.73. The lowest BCUT2D eigenvalue weighted by molar-refractivity contribution is -0.142. The molecule has 0 bridgehead atoms. The van der Waals surface area contributed by atoms with Crippen molar-refractivity contribution >= 4 is 17.7 Å². The number of esters is 1. The van der Waals surface area contributed by atoms with Crippen LogP contribution in [0.3, 0.4) is 0 Å². The number of nitrogens with zero attached hydrogens (tertiary/aromatic N) is 1. The Balaban J connectivity index is 2.45. The van der Waals surface area contributed by atoms with Crippen LogP contribution >= 0.6 is 0 Å². The second-order valence-corrected chi connectivity index (χ2v) is 3.46. The summed E-state index contributed by atoms with van der Waals surface area (Å²) >= 11 is 0. The number of anilines is 1. The molecule has 0 aliphatic carbocycles. The van der Waals surface area contributed by atoms with Crippen molar-refractivity contribution in [2.75, 3.05) is 12.4 Å². The van der Waals surface area contributed by atoms with Crippen molar-refractivity contribution in [3.05, 3.63) is 35.9 Å². The van der Waals surface area contributed by atoms with E-state index in [2.05, 4.69) is 10.1 Å². The molecule has 0 saturated carbocycles. The summed E-state index contributed by atoms with van der Waals surface area (Å²) in [5, 5.41) is 12.0. The molecule has 1 N–H and O–H groups in total. The van der Waals surface area contributed by atoms with Gasteiger partial charge in [0.05, 0.1) is 7.11 Å². The molecular weight excluding hydrogens is 204 g/mol. The molecule has 1 unspecified atom stereocenters. The van der Waals surface area contributed by atoms with E-state index in [1.165, 1.54) is 13.2 Å². The zero-order valence-corrected chi connectivity index (χ0v) is 8.73. The van der Waals surface area contributed by atoms with Gasteiger partial charge in [-0.25, -0.2) is 4.79 Å². The molecule has 1 aromatic carbocycles. The van der Waals surface area contributed by atoms with Crippen molar-refractivity contribution in [2.45, 2.75) is 5.54 Å². The van der Waals surface area contributed by atoms with Crippen molar-refractivity contribution in [2.24, 2.45) is 0 Å². The maximum absolute atomic E-state index is 11.6. The molecule has 4 heteroatoms. The van der Waals surface area contributed by atoms with Crippen molar-refractivity contribution in [1.82, 2.24) is 0 Å². The largest absolute Gasteiger partial charge is 0.466 e. The first kappa shape index (κ1) is 10.2. The fourth-order valence-electron chi connectivity index (χ4n) is 1.62. The van der Waals surface area contributed by atoms with Crippen LogP contribution in [0, 0.1) is 11.3 Å². The van der Waals surface area contributed by atoms with Crippen LogP contribution in [-0.2, 0) is 9.53 Å². The minimum atomic E-state index is -1.41.